The molecular weight excluding hydrogens is 560 g/mol. The highest BCUT2D eigenvalue weighted by Gasteiger charge is 2.44. The largest absolute Gasteiger partial charge is 0.462 e. The van der Waals surface area contributed by atoms with Gasteiger partial charge in [-0.25, -0.2) is 14.3 Å². The Labute approximate surface area is 232 Å². The summed E-state index contributed by atoms with van der Waals surface area (Å²) in [5, 5.41) is 57.1. The first kappa shape index (κ1) is 28.5. The van der Waals surface area contributed by atoms with Crippen LogP contribution >= 0.6 is 0 Å². The molecule has 1 saturated heterocycles. The first-order chi connectivity index (χ1) is 19.5. The van der Waals surface area contributed by atoms with Crippen molar-refractivity contribution in [3.63, 3.8) is 0 Å². The summed E-state index contributed by atoms with van der Waals surface area (Å²) in [6.45, 7) is 1.13. The van der Waals surface area contributed by atoms with E-state index in [0.717, 1.165) is 0 Å². The topological polar surface area (TPSA) is 226 Å². The van der Waals surface area contributed by atoms with E-state index >= 15 is 0 Å². The average molecular weight is 587 g/mol. The molecule has 1 fully saturated rings. The SMILES string of the molecule is Cc1nn(-c2ccc(S(=O)(=O)O)cc2)c2ncn(/N=C\c3ccc(OC4OC(CO)C(O)C(O)C4O)cc3)c(=N)c12. The molecule has 2 aromatic heterocycles. The minimum absolute atomic E-state index is 0.00660. The van der Waals surface area contributed by atoms with Gasteiger partial charge in [0, 0.05) is 0 Å². The summed E-state index contributed by atoms with van der Waals surface area (Å²) >= 11 is 0. The zero-order valence-corrected chi connectivity index (χ0v) is 22.2. The summed E-state index contributed by atoms with van der Waals surface area (Å²) < 4.78 is 45.5. The molecule has 1 aliphatic heterocycles. The first-order valence-electron chi connectivity index (χ1n) is 12.2. The lowest BCUT2D eigenvalue weighted by atomic mass is 9.99. The number of aliphatic hydroxyl groups is 4. The molecule has 5 rings (SSSR count). The second kappa shape index (κ2) is 11.1. The van der Waals surface area contributed by atoms with Gasteiger partial charge in [-0.15, -0.1) is 0 Å². The van der Waals surface area contributed by atoms with Crippen LogP contribution in [0.15, 0.2) is 64.9 Å². The number of benzene rings is 2. The molecule has 0 bridgehead atoms. The molecule has 0 amide bonds. The number of aryl methyl sites for hydroxylation is 1. The standard InChI is InChI=1S/C25H26N6O9S/c1-13-19-23(26)30(12-27-24(19)31(29-13)15-4-8-17(9-5-15)41(36,37)38)28-10-14-2-6-16(7-3-14)39-25-22(35)21(34)20(33)18(11-32)40-25/h2-10,12,18,20-22,25-26,32-35H,11H2,1H3,(H,36,37,38)/b26-23?,28-10-. The molecule has 216 valence electrons. The number of hydrogen-bond donors (Lipinski definition) is 6. The van der Waals surface area contributed by atoms with Gasteiger partial charge in [0.15, 0.2) is 11.1 Å². The number of fused-ring (bicyclic) bond motifs is 1. The Balaban J connectivity index is 1.34. The number of hydrogen-bond acceptors (Lipinski definition) is 12. The third-order valence-electron chi connectivity index (χ3n) is 6.48. The number of aliphatic hydroxyl groups excluding tert-OH is 4. The fourth-order valence-electron chi connectivity index (χ4n) is 4.28. The van der Waals surface area contributed by atoms with Crippen LogP contribution in [0, 0.1) is 12.3 Å². The molecule has 2 aromatic carbocycles. The van der Waals surface area contributed by atoms with Gasteiger partial charge in [-0.2, -0.15) is 18.6 Å². The second-order valence-electron chi connectivity index (χ2n) is 9.23. The summed E-state index contributed by atoms with van der Waals surface area (Å²) in [7, 11) is -4.34. The molecule has 0 aliphatic carbocycles. The summed E-state index contributed by atoms with van der Waals surface area (Å²) in [6, 6.07) is 11.8. The van der Waals surface area contributed by atoms with Crippen LogP contribution in [0.5, 0.6) is 5.75 Å². The molecule has 41 heavy (non-hydrogen) atoms. The Kier molecular flexibility index (Phi) is 7.71. The van der Waals surface area contributed by atoms with E-state index in [1.54, 1.807) is 31.2 Å². The van der Waals surface area contributed by atoms with Crippen LogP contribution in [0.1, 0.15) is 11.3 Å². The Morgan fingerprint density at radius 3 is 2.39 bits per heavy atom. The van der Waals surface area contributed by atoms with Crippen LogP contribution in [0.4, 0.5) is 0 Å². The van der Waals surface area contributed by atoms with Gasteiger partial charge in [-0.05, 0) is 61.0 Å². The molecule has 5 atom stereocenters. The Bertz CT molecular complexity index is 1750. The quantitative estimate of drug-likeness (QED) is 0.117. The highest BCUT2D eigenvalue weighted by molar-refractivity contribution is 7.85. The van der Waals surface area contributed by atoms with Gasteiger partial charge in [0.25, 0.3) is 10.1 Å². The summed E-state index contributed by atoms with van der Waals surface area (Å²) in [5.74, 6) is 0.288. The van der Waals surface area contributed by atoms with Crippen LogP contribution in [0.2, 0.25) is 0 Å². The highest BCUT2D eigenvalue weighted by atomic mass is 32.2. The van der Waals surface area contributed by atoms with E-state index in [1.807, 2.05) is 0 Å². The second-order valence-corrected chi connectivity index (χ2v) is 10.7. The summed E-state index contributed by atoms with van der Waals surface area (Å²) in [6.07, 6.45) is -4.16. The van der Waals surface area contributed by atoms with Crippen molar-refractivity contribution in [1.29, 1.82) is 5.41 Å². The van der Waals surface area contributed by atoms with Crippen molar-refractivity contribution in [3.05, 3.63) is 71.6 Å². The number of ether oxygens (including phenoxy) is 2. The molecule has 3 heterocycles. The number of nitrogens with zero attached hydrogens (tertiary/aromatic N) is 5. The predicted molar refractivity (Wildman–Crippen MR) is 141 cm³/mol. The zero-order chi connectivity index (χ0) is 29.5. The molecule has 0 radical (unpaired) electrons. The molecule has 16 heteroatoms. The van der Waals surface area contributed by atoms with E-state index < -0.39 is 47.4 Å². The molecule has 1 aliphatic rings. The maximum Gasteiger partial charge on any atom is 0.294 e. The van der Waals surface area contributed by atoms with Crippen molar-refractivity contribution >= 4 is 27.4 Å². The van der Waals surface area contributed by atoms with Gasteiger partial charge in [0.1, 0.15) is 36.5 Å². The van der Waals surface area contributed by atoms with Crippen molar-refractivity contribution in [2.24, 2.45) is 5.10 Å². The maximum atomic E-state index is 11.3. The molecule has 0 saturated carbocycles. The van der Waals surface area contributed by atoms with Gasteiger partial charge in [0.2, 0.25) is 6.29 Å². The van der Waals surface area contributed by atoms with Crippen molar-refractivity contribution in [3.8, 4) is 11.4 Å². The van der Waals surface area contributed by atoms with Gasteiger partial charge in [0.05, 0.1) is 34.5 Å². The molecular formula is C25H26N6O9S. The zero-order valence-electron chi connectivity index (χ0n) is 21.4. The summed E-state index contributed by atoms with van der Waals surface area (Å²) in [4.78, 5) is 4.12. The summed E-state index contributed by atoms with van der Waals surface area (Å²) in [5.41, 5.74) is 1.97. The van der Waals surface area contributed by atoms with Gasteiger partial charge >= 0.3 is 0 Å². The number of aromatic nitrogens is 4. The third kappa shape index (κ3) is 5.62. The smallest absolute Gasteiger partial charge is 0.294 e. The van der Waals surface area contributed by atoms with Crippen LogP contribution in [0.3, 0.4) is 0 Å². The number of rotatable bonds is 7. The van der Waals surface area contributed by atoms with Crippen LogP contribution in [-0.4, -0.2) is 96.4 Å². The van der Waals surface area contributed by atoms with Crippen LogP contribution < -0.4 is 10.2 Å². The molecule has 0 spiro atoms. The van der Waals surface area contributed by atoms with Crippen LogP contribution in [-0.2, 0) is 14.9 Å². The molecule has 4 aromatic rings. The first-order valence-corrected chi connectivity index (χ1v) is 13.6. The fraction of sp³-hybridized carbons (Fsp3) is 0.280. The van der Waals surface area contributed by atoms with E-state index in [4.69, 9.17) is 14.9 Å². The van der Waals surface area contributed by atoms with Crippen molar-refractivity contribution in [1.82, 2.24) is 19.4 Å². The van der Waals surface area contributed by atoms with Crippen LogP contribution in [0.25, 0.3) is 16.7 Å². The average Bonchev–Trinajstić information content (AvgIpc) is 3.30. The number of nitrogens with one attached hydrogen (secondary N) is 1. The van der Waals surface area contributed by atoms with Gasteiger partial charge in [-0.1, -0.05) is 0 Å². The lowest BCUT2D eigenvalue weighted by Gasteiger charge is -2.39. The van der Waals surface area contributed by atoms with Crippen molar-refractivity contribution in [2.75, 3.05) is 6.61 Å². The minimum Gasteiger partial charge on any atom is -0.462 e. The normalized spacial score (nSPS) is 23.3. The van der Waals surface area contributed by atoms with Crippen molar-refractivity contribution < 1.29 is 42.9 Å². The molecule has 15 nitrogen and oxygen atoms in total. The van der Waals surface area contributed by atoms with Gasteiger partial charge in [-0.3, -0.25) is 9.96 Å². The third-order valence-corrected chi connectivity index (χ3v) is 7.35. The van der Waals surface area contributed by atoms with E-state index in [9.17, 15) is 33.4 Å². The minimum atomic E-state index is -4.34. The van der Waals surface area contributed by atoms with Crippen molar-refractivity contribution in [2.45, 2.75) is 42.5 Å². The maximum absolute atomic E-state index is 11.3. The fourth-order valence-corrected chi connectivity index (χ4v) is 4.76. The Morgan fingerprint density at radius 2 is 1.76 bits per heavy atom. The lowest BCUT2D eigenvalue weighted by molar-refractivity contribution is -0.277. The Morgan fingerprint density at radius 1 is 1.07 bits per heavy atom. The van der Waals surface area contributed by atoms with Gasteiger partial charge < -0.3 is 29.9 Å². The van der Waals surface area contributed by atoms with E-state index in [-0.39, 0.29) is 16.1 Å². The predicted octanol–water partition coefficient (Wildman–Crippen LogP) is -0.683. The molecule has 6 N–H and O–H groups in total. The van der Waals surface area contributed by atoms with E-state index in [2.05, 4.69) is 15.2 Å². The lowest BCUT2D eigenvalue weighted by Crippen LogP contribution is -2.60. The van der Waals surface area contributed by atoms with E-state index in [1.165, 1.54) is 46.2 Å². The highest BCUT2D eigenvalue weighted by Crippen LogP contribution is 2.24. The monoisotopic (exact) mass is 586 g/mol. The Hall–Kier alpha value is -4.03. The molecule has 5 unspecified atom stereocenters. The van der Waals surface area contributed by atoms with E-state index in [0.29, 0.717) is 28.0 Å².